The third-order valence-corrected chi connectivity index (χ3v) is 2.08. The lowest BCUT2D eigenvalue weighted by Gasteiger charge is -2.15. The second-order valence-electron chi connectivity index (χ2n) is 3.80. The zero-order chi connectivity index (χ0) is 11.0. The first-order chi connectivity index (χ1) is 6.60. The number of nitrogens with one attached hydrogen (secondary N) is 1. The molecule has 0 aliphatic rings. The van der Waals surface area contributed by atoms with Gasteiger partial charge < -0.3 is 10.1 Å². The highest BCUT2D eigenvalue weighted by molar-refractivity contribution is 5.90. The summed E-state index contributed by atoms with van der Waals surface area (Å²) in [6.07, 6.45) is 5.62. The second kappa shape index (κ2) is 7.74. The summed E-state index contributed by atoms with van der Waals surface area (Å²) in [5.74, 6) is 0. The van der Waals surface area contributed by atoms with Crippen LogP contribution in [-0.4, -0.2) is 18.4 Å². The molecule has 1 unspecified atom stereocenters. The fraction of sp³-hybridized carbons (Fsp3) is 0.750. The molecule has 14 heavy (non-hydrogen) atoms. The van der Waals surface area contributed by atoms with Crippen molar-refractivity contribution in [3.8, 4) is 0 Å². The van der Waals surface area contributed by atoms with Gasteiger partial charge in [-0.05, 0) is 38.3 Å². The summed E-state index contributed by atoms with van der Waals surface area (Å²) in [6, 6.07) is 0. The third-order valence-electron chi connectivity index (χ3n) is 2.08. The molecule has 0 heterocycles. The number of ether oxygens (including phenoxy) is 1. The minimum atomic E-state index is 0.384. The van der Waals surface area contributed by atoms with E-state index in [-0.39, 0.29) is 0 Å². The van der Waals surface area contributed by atoms with E-state index in [0.29, 0.717) is 18.4 Å². The molecular weight excluding hydrogens is 174 g/mol. The maximum Gasteiger partial charge on any atom is 0.0681 e. The SMILES string of the molecule is CCCC(CC)OC/C(C)=C/C(C)=N. The zero-order valence-corrected chi connectivity index (χ0v) is 9.89. The van der Waals surface area contributed by atoms with Crippen molar-refractivity contribution in [1.82, 2.24) is 0 Å². The van der Waals surface area contributed by atoms with E-state index in [0.717, 1.165) is 18.4 Å². The van der Waals surface area contributed by atoms with Gasteiger partial charge in [0, 0.05) is 5.71 Å². The van der Waals surface area contributed by atoms with Gasteiger partial charge in [-0.2, -0.15) is 0 Å². The summed E-state index contributed by atoms with van der Waals surface area (Å²) in [6.45, 7) is 8.79. The monoisotopic (exact) mass is 197 g/mol. The first kappa shape index (κ1) is 13.4. The van der Waals surface area contributed by atoms with E-state index in [1.165, 1.54) is 6.42 Å². The van der Waals surface area contributed by atoms with E-state index >= 15 is 0 Å². The summed E-state index contributed by atoms with van der Waals surface area (Å²) < 4.78 is 5.73. The maximum absolute atomic E-state index is 7.30. The van der Waals surface area contributed by atoms with Gasteiger partial charge in [-0.3, -0.25) is 0 Å². The van der Waals surface area contributed by atoms with Crippen LogP contribution in [-0.2, 0) is 4.74 Å². The molecule has 0 saturated heterocycles. The molecule has 0 rings (SSSR count). The standard InChI is InChI=1S/C12H23NO/c1-5-7-12(6-2)14-9-10(3)8-11(4)13/h8,12-13H,5-7,9H2,1-4H3/b10-8+,13-11?. The molecule has 0 bridgehead atoms. The molecule has 0 aliphatic heterocycles. The number of rotatable bonds is 7. The summed E-state index contributed by atoms with van der Waals surface area (Å²) in [4.78, 5) is 0. The Morgan fingerprint density at radius 2 is 2.00 bits per heavy atom. The minimum Gasteiger partial charge on any atom is -0.374 e. The number of hydrogen-bond donors (Lipinski definition) is 1. The van der Waals surface area contributed by atoms with Crippen molar-refractivity contribution in [3.63, 3.8) is 0 Å². The van der Waals surface area contributed by atoms with Crippen molar-refractivity contribution in [2.75, 3.05) is 6.61 Å². The van der Waals surface area contributed by atoms with Crippen LogP contribution in [0.3, 0.4) is 0 Å². The van der Waals surface area contributed by atoms with Crippen LogP contribution in [0.25, 0.3) is 0 Å². The Bertz CT molecular complexity index is 196. The first-order valence-corrected chi connectivity index (χ1v) is 5.44. The van der Waals surface area contributed by atoms with Crippen molar-refractivity contribution in [1.29, 1.82) is 5.41 Å². The van der Waals surface area contributed by atoms with Crippen LogP contribution >= 0.6 is 0 Å². The second-order valence-corrected chi connectivity index (χ2v) is 3.80. The highest BCUT2D eigenvalue weighted by Crippen LogP contribution is 2.08. The molecule has 0 amide bonds. The van der Waals surface area contributed by atoms with Crippen molar-refractivity contribution in [2.24, 2.45) is 0 Å². The van der Waals surface area contributed by atoms with Crippen LogP contribution in [0.1, 0.15) is 47.0 Å². The molecule has 0 aromatic carbocycles. The average molecular weight is 197 g/mol. The van der Waals surface area contributed by atoms with Crippen LogP contribution in [0.15, 0.2) is 11.6 Å². The molecule has 2 heteroatoms. The highest BCUT2D eigenvalue weighted by atomic mass is 16.5. The van der Waals surface area contributed by atoms with Gasteiger partial charge in [0.25, 0.3) is 0 Å². The lowest BCUT2D eigenvalue weighted by atomic mass is 10.1. The van der Waals surface area contributed by atoms with Gasteiger partial charge >= 0.3 is 0 Å². The van der Waals surface area contributed by atoms with Gasteiger partial charge in [-0.15, -0.1) is 0 Å². The molecule has 0 aromatic rings. The van der Waals surface area contributed by atoms with Crippen LogP contribution < -0.4 is 0 Å². The lowest BCUT2D eigenvalue weighted by Crippen LogP contribution is -2.12. The fourth-order valence-corrected chi connectivity index (χ4v) is 1.39. The molecule has 0 fully saturated rings. The van der Waals surface area contributed by atoms with Gasteiger partial charge in [0.1, 0.15) is 0 Å². The van der Waals surface area contributed by atoms with E-state index in [9.17, 15) is 0 Å². The Morgan fingerprint density at radius 1 is 1.36 bits per heavy atom. The van der Waals surface area contributed by atoms with E-state index < -0.39 is 0 Å². The zero-order valence-electron chi connectivity index (χ0n) is 9.89. The Balaban J connectivity index is 3.84. The minimum absolute atomic E-state index is 0.384. The van der Waals surface area contributed by atoms with Gasteiger partial charge in [-0.25, -0.2) is 0 Å². The Labute approximate surface area is 87.9 Å². The largest absolute Gasteiger partial charge is 0.374 e. The first-order valence-electron chi connectivity index (χ1n) is 5.44. The lowest BCUT2D eigenvalue weighted by molar-refractivity contribution is 0.0602. The Hall–Kier alpha value is -0.630. The number of allylic oxidation sites excluding steroid dienone is 1. The average Bonchev–Trinajstić information content (AvgIpc) is 2.11. The van der Waals surface area contributed by atoms with E-state index in [4.69, 9.17) is 10.1 Å². The fourth-order valence-electron chi connectivity index (χ4n) is 1.39. The molecule has 0 radical (unpaired) electrons. The predicted octanol–water partition coefficient (Wildman–Crippen LogP) is 3.57. The maximum atomic E-state index is 7.30. The van der Waals surface area contributed by atoms with E-state index in [2.05, 4.69) is 13.8 Å². The van der Waals surface area contributed by atoms with Gasteiger partial charge in [0.15, 0.2) is 0 Å². The highest BCUT2D eigenvalue weighted by Gasteiger charge is 2.04. The van der Waals surface area contributed by atoms with Crippen molar-refractivity contribution < 1.29 is 4.74 Å². The van der Waals surface area contributed by atoms with Gasteiger partial charge in [-0.1, -0.05) is 20.3 Å². The molecule has 2 nitrogen and oxygen atoms in total. The number of hydrogen-bond acceptors (Lipinski definition) is 2. The topological polar surface area (TPSA) is 33.1 Å². The van der Waals surface area contributed by atoms with Crippen LogP contribution in [0.4, 0.5) is 0 Å². The predicted molar refractivity (Wildman–Crippen MR) is 62.1 cm³/mol. The van der Waals surface area contributed by atoms with E-state index in [1.807, 2.05) is 13.0 Å². The molecule has 0 spiro atoms. The summed E-state index contributed by atoms with van der Waals surface area (Å²) >= 11 is 0. The molecule has 1 atom stereocenters. The van der Waals surface area contributed by atoms with Gasteiger partial charge in [0.05, 0.1) is 12.7 Å². The summed E-state index contributed by atoms with van der Waals surface area (Å²) in [5.41, 5.74) is 1.72. The Kier molecular flexibility index (Phi) is 7.40. The molecule has 0 aromatic heterocycles. The molecule has 0 saturated carbocycles. The summed E-state index contributed by atoms with van der Waals surface area (Å²) in [5, 5.41) is 7.30. The van der Waals surface area contributed by atoms with Gasteiger partial charge in [0.2, 0.25) is 0 Å². The van der Waals surface area contributed by atoms with Crippen LogP contribution in [0, 0.1) is 5.41 Å². The van der Waals surface area contributed by atoms with E-state index in [1.54, 1.807) is 6.92 Å². The molecular formula is C12H23NO. The Morgan fingerprint density at radius 3 is 2.43 bits per heavy atom. The molecule has 0 aliphatic carbocycles. The molecule has 82 valence electrons. The molecule has 1 N–H and O–H groups in total. The van der Waals surface area contributed by atoms with Crippen molar-refractivity contribution in [2.45, 2.75) is 53.1 Å². The van der Waals surface area contributed by atoms with Crippen molar-refractivity contribution >= 4 is 5.71 Å². The van der Waals surface area contributed by atoms with Crippen molar-refractivity contribution in [3.05, 3.63) is 11.6 Å². The summed E-state index contributed by atoms with van der Waals surface area (Å²) in [7, 11) is 0. The smallest absolute Gasteiger partial charge is 0.0681 e. The normalized spacial score (nSPS) is 14.1. The quantitative estimate of drug-likeness (QED) is 0.622. The van der Waals surface area contributed by atoms with Crippen LogP contribution in [0.2, 0.25) is 0 Å². The third kappa shape index (κ3) is 6.84. The van der Waals surface area contributed by atoms with Crippen LogP contribution in [0.5, 0.6) is 0 Å².